The number of oxazole rings is 1. The number of hydrogen-bond donors (Lipinski definition) is 1. The minimum absolute atomic E-state index is 0.0660. The maximum absolute atomic E-state index is 12.2. The third-order valence-electron chi connectivity index (χ3n) is 4.18. The molecule has 25 heavy (non-hydrogen) atoms. The first kappa shape index (κ1) is 15.2. The number of fused-ring (bicyclic) bond motifs is 2. The van der Waals surface area contributed by atoms with Crippen molar-refractivity contribution < 1.29 is 9.21 Å². The zero-order chi connectivity index (χ0) is 17.2. The van der Waals surface area contributed by atoms with Crippen molar-refractivity contribution in [2.75, 3.05) is 0 Å². The van der Waals surface area contributed by atoms with E-state index in [9.17, 15) is 9.59 Å². The molecule has 1 amide bonds. The summed E-state index contributed by atoms with van der Waals surface area (Å²) in [5.41, 5.74) is 2.11. The number of hydrogen-bond acceptors (Lipinski definition) is 3. The zero-order valence-electron chi connectivity index (χ0n) is 13.4. The topological polar surface area (TPSA) is 64.2 Å². The Hall–Kier alpha value is -3.34. The molecule has 0 bridgehead atoms. The van der Waals surface area contributed by atoms with E-state index in [0.29, 0.717) is 17.6 Å². The van der Waals surface area contributed by atoms with Crippen molar-refractivity contribution >= 4 is 27.8 Å². The van der Waals surface area contributed by atoms with Gasteiger partial charge in [0.2, 0.25) is 5.91 Å². The van der Waals surface area contributed by atoms with Gasteiger partial charge in [-0.3, -0.25) is 9.36 Å². The van der Waals surface area contributed by atoms with Crippen LogP contribution in [0.1, 0.15) is 5.56 Å². The first-order valence-corrected chi connectivity index (χ1v) is 8.03. The van der Waals surface area contributed by atoms with Gasteiger partial charge >= 0.3 is 5.76 Å². The predicted molar refractivity (Wildman–Crippen MR) is 96.3 cm³/mol. The average molecular weight is 332 g/mol. The Morgan fingerprint density at radius 2 is 1.72 bits per heavy atom. The summed E-state index contributed by atoms with van der Waals surface area (Å²) >= 11 is 0. The summed E-state index contributed by atoms with van der Waals surface area (Å²) in [5, 5.41) is 5.15. The molecule has 124 valence electrons. The van der Waals surface area contributed by atoms with Crippen LogP contribution in [0, 0.1) is 0 Å². The third-order valence-corrected chi connectivity index (χ3v) is 4.18. The monoisotopic (exact) mass is 332 g/mol. The summed E-state index contributed by atoms with van der Waals surface area (Å²) < 4.78 is 6.48. The van der Waals surface area contributed by atoms with Gasteiger partial charge in [-0.1, -0.05) is 48.5 Å². The Kier molecular flexibility index (Phi) is 3.82. The zero-order valence-corrected chi connectivity index (χ0v) is 13.4. The van der Waals surface area contributed by atoms with Crippen LogP contribution >= 0.6 is 0 Å². The minimum Gasteiger partial charge on any atom is -0.408 e. The first-order chi connectivity index (χ1) is 12.2. The van der Waals surface area contributed by atoms with Gasteiger partial charge in [0.05, 0.1) is 5.52 Å². The standard InChI is InChI=1S/C20H16N2O3/c23-19(13-22-17-7-3-4-8-18(17)25-20(22)24)21-12-14-9-10-15-5-1-2-6-16(15)11-14/h1-11H,12-13H2,(H,21,23). The molecule has 5 nitrogen and oxygen atoms in total. The molecule has 0 spiro atoms. The van der Waals surface area contributed by atoms with Crippen LogP contribution in [0.3, 0.4) is 0 Å². The lowest BCUT2D eigenvalue weighted by atomic mass is 10.1. The molecular weight excluding hydrogens is 316 g/mol. The number of aromatic nitrogens is 1. The molecule has 0 aliphatic rings. The average Bonchev–Trinajstić information content (AvgIpc) is 2.95. The van der Waals surface area contributed by atoms with Gasteiger partial charge in [-0.25, -0.2) is 4.79 Å². The van der Waals surface area contributed by atoms with E-state index in [4.69, 9.17) is 4.42 Å². The van der Waals surface area contributed by atoms with Crippen molar-refractivity contribution in [3.63, 3.8) is 0 Å². The Morgan fingerprint density at radius 1 is 0.960 bits per heavy atom. The van der Waals surface area contributed by atoms with Crippen LogP contribution in [0.15, 0.2) is 75.9 Å². The Labute approximate surface area is 143 Å². The van der Waals surface area contributed by atoms with Crippen LogP contribution in [0.4, 0.5) is 0 Å². The molecular formula is C20H16N2O3. The van der Waals surface area contributed by atoms with Crippen LogP contribution < -0.4 is 11.1 Å². The van der Waals surface area contributed by atoms with Gasteiger partial charge in [0.1, 0.15) is 6.54 Å². The van der Waals surface area contributed by atoms with E-state index in [0.717, 1.165) is 16.3 Å². The van der Waals surface area contributed by atoms with Gasteiger partial charge in [-0.05, 0) is 34.5 Å². The molecule has 4 rings (SSSR count). The second kappa shape index (κ2) is 6.28. The van der Waals surface area contributed by atoms with Crippen LogP contribution in [0.25, 0.3) is 21.9 Å². The molecule has 0 saturated carbocycles. The lowest BCUT2D eigenvalue weighted by Crippen LogP contribution is -2.30. The van der Waals surface area contributed by atoms with Gasteiger partial charge in [0, 0.05) is 6.54 Å². The molecule has 1 heterocycles. The highest BCUT2D eigenvalue weighted by Gasteiger charge is 2.12. The molecule has 1 N–H and O–H groups in total. The lowest BCUT2D eigenvalue weighted by Gasteiger charge is -2.07. The Balaban J connectivity index is 1.48. The molecule has 3 aromatic carbocycles. The number of benzene rings is 3. The summed E-state index contributed by atoms with van der Waals surface area (Å²) in [7, 11) is 0. The predicted octanol–water partition coefficient (Wildman–Crippen LogP) is 3.06. The van der Waals surface area contributed by atoms with Crippen molar-refractivity contribution in [3.05, 3.63) is 82.8 Å². The molecule has 0 aliphatic heterocycles. The highest BCUT2D eigenvalue weighted by Crippen LogP contribution is 2.15. The second-order valence-corrected chi connectivity index (χ2v) is 5.88. The van der Waals surface area contributed by atoms with E-state index >= 15 is 0 Å². The molecule has 0 radical (unpaired) electrons. The van der Waals surface area contributed by atoms with Gasteiger partial charge in [-0.15, -0.1) is 0 Å². The van der Waals surface area contributed by atoms with E-state index in [1.165, 1.54) is 4.57 Å². The van der Waals surface area contributed by atoms with E-state index in [2.05, 4.69) is 11.4 Å². The van der Waals surface area contributed by atoms with Crippen molar-refractivity contribution in [1.82, 2.24) is 9.88 Å². The molecule has 4 aromatic rings. The van der Waals surface area contributed by atoms with E-state index in [-0.39, 0.29) is 12.5 Å². The van der Waals surface area contributed by atoms with Gasteiger partial charge in [-0.2, -0.15) is 0 Å². The van der Waals surface area contributed by atoms with Crippen molar-refractivity contribution in [3.8, 4) is 0 Å². The highest BCUT2D eigenvalue weighted by molar-refractivity contribution is 5.83. The van der Waals surface area contributed by atoms with Crippen molar-refractivity contribution in [2.24, 2.45) is 0 Å². The van der Waals surface area contributed by atoms with Gasteiger partial charge in [0.25, 0.3) is 0 Å². The van der Waals surface area contributed by atoms with Gasteiger partial charge in [0.15, 0.2) is 5.58 Å². The Bertz CT molecular complexity index is 1120. The normalized spacial score (nSPS) is 11.0. The SMILES string of the molecule is O=C(Cn1c(=O)oc2ccccc21)NCc1ccc2ccccc2c1. The summed E-state index contributed by atoms with van der Waals surface area (Å²) in [4.78, 5) is 24.1. The number of rotatable bonds is 4. The fraction of sp³-hybridized carbons (Fsp3) is 0.100. The number of carbonyl (C=O) groups is 1. The van der Waals surface area contributed by atoms with E-state index in [1.807, 2.05) is 36.4 Å². The Morgan fingerprint density at radius 3 is 2.60 bits per heavy atom. The third kappa shape index (κ3) is 3.04. The molecule has 1 aromatic heterocycles. The number of amides is 1. The van der Waals surface area contributed by atoms with Crippen LogP contribution in [-0.4, -0.2) is 10.5 Å². The number of para-hydroxylation sites is 2. The van der Waals surface area contributed by atoms with Crippen molar-refractivity contribution in [2.45, 2.75) is 13.1 Å². The van der Waals surface area contributed by atoms with Crippen LogP contribution in [0.2, 0.25) is 0 Å². The maximum atomic E-state index is 12.2. The maximum Gasteiger partial charge on any atom is 0.420 e. The number of nitrogens with one attached hydrogen (secondary N) is 1. The summed E-state index contributed by atoms with van der Waals surface area (Å²) in [6.07, 6.45) is 0. The molecule has 0 unspecified atom stereocenters. The fourth-order valence-corrected chi connectivity index (χ4v) is 2.91. The van der Waals surface area contributed by atoms with Crippen molar-refractivity contribution in [1.29, 1.82) is 0 Å². The highest BCUT2D eigenvalue weighted by atomic mass is 16.4. The smallest absolute Gasteiger partial charge is 0.408 e. The molecule has 5 heteroatoms. The van der Waals surface area contributed by atoms with E-state index < -0.39 is 5.76 Å². The fourth-order valence-electron chi connectivity index (χ4n) is 2.91. The van der Waals surface area contributed by atoms with Crippen LogP contribution in [0.5, 0.6) is 0 Å². The molecule has 0 fully saturated rings. The van der Waals surface area contributed by atoms with E-state index in [1.54, 1.807) is 24.3 Å². The summed E-state index contributed by atoms with van der Waals surface area (Å²) in [6.45, 7) is 0.345. The lowest BCUT2D eigenvalue weighted by molar-refractivity contribution is -0.121. The second-order valence-electron chi connectivity index (χ2n) is 5.88. The number of carbonyl (C=O) groups excluding carboxylic acids is 1. The molecule has 0 atom stereocenters. The quantitative estimate of drug-likeness (QED) is 0.625. The molecule has 0 saturated heterocycles. The first-order valence-electron chi connectivity index (χ1n) is 8.03. The largest absolute Gasteiger partial charge is 0.420 e. The number of nitrogens with zero attached hydrogens (tertiary/aromatic N) is 1. The summed E-state index contributed by atoms with van der Waals surface area (Å²) in [5.74, 6) is -0.760. The minimum atomic E-state index is -0.526. The molecule has 0 aliphatic carbocycles. The van der Waals surface area contributed by atoms with Crippen LogP contribution in [-0.2, 0) is 17.9 Å². The van der Waals surface area contributed by atoms with Gasteiger partial charge < -0.3 is 9.73 Å². The summed E-state index contributed by atoms with van der Waals surface area (Å²) in [6, 6.07) is 21.2.